The van der Waals surface area contributed by atoms with E-state index in [1.807, 2.05) is 30.3 Å². The number of hydrogen-bond acceptors (Lipinski definition) is 4. The van der Waals surface area contributed by atoms with Crippen LogP contribution in [0.2, 0.25) is 0 Å². The number of amides is 2. The minimum Gasteiger partial charge on any atom is -0.385 e. The molecule has 0 spiro atoms. The van der Waals surface area contributed by atoms with Crippen LogP contribution in [-0.4, -0.2) is 61.6 Å². The molecule has 4 atom stereocenters. The van der Waals surface area contributed by atoms with Crippen molar-refractivity contribution in [1.29, 1.82) is 0 Å². The van der Waals surface area contributed by atoms with Crippen LogP contribution in [0.5, 0.6) is 0 Å². The third-order valence-electron chi connectivity index (χ3n) is 6.62. The summed E-state index contributed by atoms with van der Waals surface area (Å²) in [4.78, 5) is 14.5. The molecule has 6 nitrogen and oxygen atoms in total. The predicted octanol–water partition coefficient (Wildman–Crippen LogP) is 4.03. The Balaban J connectivity index is 2.09. The van der Waals surface area contributed by atoms with Crippen molar-refractivity contribution in [2.24, 2.45) is 17.6 Å². The number of piperidine rings is 1. The Labute approximate surface area is 194 Å². The van der Waals surface area contributed by atoms with Crippen LogP contribution in [0, 0.1) is 11.8 Å². The van der Waals surface area contributed by atoms with Gasteiger partial charge in [0, 0.05) is 45.3 Å². The highest BCUT2D eigenvalue weighted by molar-refractivity contribution is 5.74. The second-order valence-electron chi connectivity index (χ2n) is 9.09. The number of hydrogen-bond donors (Lipinski definition) is 3. The third-order valence-corrected chi connectivity index (χ3v) is 6.62. The number of alkyl halides is 3. The number of ether oxygens (including phenoxy) is 1. The number of nitrogens with two attached hydrogens (primary N) is 1. The van der Waals surface area contributed by atoms with E-state index in [9.17, 15) is 23.1 Å². The van der Waals surface area contributed by atoms with Gasteiger partial charge < -0.3 is 25.8 Å². The smallest absolute Gasteiger partial charge is 0.385 e. The van der Waals surface area contributed by atoms with Crippen molar-refractivity contribution in [3.05, 3.63) is 35.9 Å². The first-order valence-electron chi connectivity index (χ1n) is 11.7. The number of carbonyl (C=O) groups excluding carboxylic acids is 1. The molecule has 188 valence electrons. The number of aliphatic hydroxyl groups is 1. The lowest BCUT2D eigenvalue weighted by molar-refractivity contribution is -0.172. The fourth-order valence-corrected chi connectivity index (χ4v) is 4.54. The molecule has 0 aromatic heterocycles. The third kappa shape index (κ3) is 7.86. The van der Waals surface area contributed by atoms with E-state index in [1.165, 1.54) is 0 Å². The van der Waals surface area contributed by atoms with Crippen LogP contribution in [0.25, 0.3) is 0 Å². The average Bonchev–Trinajstić information content (AvgIpc) is 2.81. The van der Waals surface area contributed by atoms with Gasteiger partial charge in [-0.05, 0) is 44.1 Å². The van der Waals surface area contributed by atoms with Crippen molar-refractivity contribution in [2.45, 2.75) is 63.3 Å². The summed E-state index contributed by atoms with van der Waals surface area (Å²) in [5.41, 5.74) is 5.35. The number of nitrogens with one attached hydrogen (secondary N) is 1. The van der Waals surface area contributed by atoms with Gasteiger partial charge >= 0.3 is 12.2 Å². The maximum absolute atomic E-state index is 12.9. The average molecular weight is 474 g/mol. The zero-order valence-corrected chi connectivity index (χ0v) is 19.6. The van der Waals surface area contributed by atoms with E-state index in [1.54, 1.807) is 12.0 Å². The molecule has 2 amide bonds. The van der Waals surface area contributed by atoms with Gasteiger partial charge in [0.2, 0.25) is 0 Å². The number of urea groups is 1. The van der Waals surface area contributed by atoms with E-state index in [4.69, 9.17) is 10.5 Å². The Bertz CT molecular complexity index is 720. The van der Waals surface area contributed by atoms with Gasteiger partial charge in [0.05, 0.1) is 11.5 Å². The van der Waals surface area contributed by atoms with Gasteiger partial charge in [-0.15, -0.1) is 0 Å². The highest BCUT2D eigenvalue weighted by Gasteiger charge is 2.42. The molecule has 1 aliphatic heterocycles. The molecule has 0 saturated carbocycles. The van der Waals surface area contributed by atoms with Gasteiger partial charge in [0.25, 0.3) is 0 Å². The van der Waals surface area contributed by atoms with Gasteiger partial charge in [0.1, 0.15) is 0 Å². The number of benzene rings is 1. The molecule has 1 saturated heterocycles. The van der Waals surface area contributed by atoms with Gasteiger partial charge in [-0.3, -0.25) is 0 Å². The summed E-state index contributed by atoms with van der Waals surface area (Å²) in [6.07, 6.45) is -1.01. The van der Waals surface area contributed by atoms with Gasteiger partial charge in [-0.2, -0.15) is 13.2 Å². The first-order valence-corrected chi connectivity index (χ1v) is 11.7. The predicted molar refractivity (Wildman–Crippen MR) is 122 cm³/mol. The fraction of sp³-hybridized carbons (Fsp3) is 0.708. The number of halogens is 3. The number of likely N-dealkylation sites (tertiary alicyclic amines) is 1. The lowest BCUT2D eigenvalue weighted by Gasteiger charge is -2.43. The molecule has 0 radical (unpaired) electrons. The minimum absolute atomic E-state index is 0.0725. The summed E-state index contributed by atoms with van der Waals surface area (Å²) in [6.45, 7) is 2.45. The number of carbonyl (C=O) groups is 1. The quantitative estimate of drug-likeness (QED) is 0.424. The largest absolute Gasteiger partial charge is 0.391 e. The van der Waals surface area contributed by atoms with E-state index in [0.717, 1.165) is 31.7 Å². The molecule has 1 heterocycles. The summed E-state index contributed by atoms with van der Waals surface area (Å²) in [5.74, 6) is -1.75. The van der Waals surface area contributed by atoms with Crippen molar-refractivity contribution in [2.75, 3.05) is 33.4 Å². The van der Waals surface area contributed by atoms with Crippen LogP contribution in [0.4, 0.5) is 18.0 Å². The Morgan fingerprint density at radius 3 is 2.61 bits per heavy atom. The van der Waals surface area contributed by atoms with Gasteiger partial charge in [-0.25, -0.2) is 4.79 Å². The monoisotopic (exact) mass is 473 g/mol. The first kappa shape index (κ1) is 27.4. The molecule has 0 bridgehead atoms. The lowest BCUT2D eigenvalue weighted by Crippen LogP contribution is -2.54. The van der Waals surface area contributed by atoms with E-state index < -0.39 is 29.8 Å². The van der Waals surface area contributed by atoms with Crippen LogP contribution in [-0.2, 0) is 10.3 Å². The van der Waals surface area contributed by atoms with Crippen LogP contribution in [0.1, 0.15) is 51.0 Å². The second kappa shape index (κ2) is 12.6. The molecule has 4 N–H and O–H groups in total. The molecule has 2 rings (SSSR count). The highest BCUT2D eigenvalue weighted by atomic mass is 19.4. The maximum Gasteiger partial charge on any atom is 0.391 e. The molecule has 9 heteroatoms. The highest BCUT2D eigenvalue weighted by Crippen LogP contribution is 2.39. The van der Waals surface area contributed by atoms with E-state index in [2.05, 4.69) is 5.32 Å². The van der Waals surface area contributed by atoms with Crippen molar-refractivity contribution >= 4 is 6.03 Å². The fourth-order valence-electron chi connectivity index (χ4n) is 4.54. The van der Waals surface area contributed by atoms with E-state index in [0.29, 0.717) is 32.5 Å². The Kier molecular flexibility index (Phi) is 10.4. The molecular formula is C24H38F3N3O3. The molecule has 1 aliphatic rings. The molecule has 1 aromatic carbocycles. The Morgan fingerprint density at radius 1 is 1.30 bits per heavy atom. The van der Waals surface area contributed by atoms with Crippen LogP contribution in [0.3, 0.4) is 0 Å². The molecule has 1 aromatic rings. The second-order valence-corrected chi connectivity index (χ2v) is 9.09. The number of methoxy groups -OCH3 is 1. The van der Waals surface area contributed by atoms with E-state index in [-0.39, 0.29) is 18.9 Å². The first-order chi connectivity index (χ1) is 15.6. The Morgan fingerprint density at radius 2 is 2.00 bits per heavy atom. The molecule has 0 aliphatic carbocycles. The van der Waals surface area contributed by atoms with Crippen LogP contribution >= 0.6 is 0 Å². The summed E-state index contributed by atoms with van der Waals surface area (Å²) >= 11 is 0. The summed E-state index contributed by atoms with van der Waals surface area (Å²) in [5, 5.41) is 14.5. The van der Waals surface area contributed by atoms with Crippen molar-refractivity contribution in [3.8, 4) is 0 Å². The van der Waals surface area contributed by atoms with Crippen LogP contribution < -0.4 is 11.1 Å². The van der Waals surface area contributed by atoms with E-state index >= 15 is 0 Å². The normalized spacial score (nSPS) is 20.7. The van der Waals surface area contributed by atoms with Crippen molar-refractivity contribution in [1.82, 2.24) is 10.2 Å². The van der Waals surface area contributed by atoms with Gasteiger partial charge in [-0.1, -0.05) is 37.3 Å². The van der Waals surface area contributed by atoms with Crippen molar-refractivity contribution in [3.63, 3.8) is 0 Å². The summed E-state index contributed by atoms with van der Waals surface area (Å²) in [7, 11) is 1.64. The number of rotatable bonds is 11. The zero-order chi connectivity index (χ0) is 24.5. The number of nitrogens with zero attached hydrogens (tertiary/aromatic N) is 1. The van der Waals surface area contributed by atoms with Crippen molar-refractivity contribution < 1.29 is 27.8 Å². The SMILES string of the molecule is COCCCCC(O)(c1ccccc1)C1CCCN(C(=O)NC(CN)CC(C)C(F)(F)F)C1. The summed E-state index contributed by atoms with van der Waals surface area (Å²) in [6, 6.07) is 8.27. The van der Waals surface area contributed by atoms with Crippen LogP contribution in [0.15, 0.2) is 30.3 Å². The maximum atomic E-state index is 12.9. The van der Waals surface area contributed by atoms with Gasteiger partial charge in [0.15, 0.2) is 0 Å². The molecule has 33 heavy (non-hydrogen) atoms. The molecular weight excluding hydrogens is 435 g/mol. The number of unbranched alkanes of at least 4 members (excludes halogenated alkanes) is 1. The zero-order valence-electron chi connectivity index (χ0n) is 19.6. The molecule has 4 unspecified atom stereocenters. The Hall–Kier alpha value is -1.84. The minimum atomic E-state index is -4.33. The lowest BCUT2D eigenvalue weighted by atomic mass is 9.74. The topological polar surface area (TPSA) is 87.8 Å². The molecule has 1 fully saturated rings. The standard InChI is InChI=1S/C24H38F3N3O3/c1-18(24(25,26)27)15-21(16-28)29-22(31)30-13-8-11-20(17-30)23(32,12-6-7-14-33-2)19-9-4-3-5-10-19/h3-5,9-10,18,20-21,32H,6-8,11-17,28H2,1-2H3,(H,29,31). The summed E-state index contributed by atoms with van der Waals surface area (Å²) < 4.78 is 43.9.